The van der Waals surface area contributed by atoms with Crippen LogP contribution in [0.25, 0.3) is 0 Å². The number of amides is 3. The summed E-state index contributed by atoms with van der Waals surface area (Å²) in [6, 6.07) is 0.229. The minimum Gasteiger partial charge on any atom is -0.351 e. The van der Waals surface area contributed by atoms with Crippen LogP contribution < -0.4 is 5.32 Å². The van der Waals surface area contributed by atoms with Gasteiger partial charge in [0.1, 0.15) is 5.25 Å². The Bertz CT molecular complexity index is 736. The van der Waals surface area contributed by atoms with Crippen LogP contribution in [0.5, 0.6) is 0 Å². The van der Waals surface area contributed by atoms with Crippen LogP contribution in [0.15, 0.2) is 4.99 Å². The highest BCUT2D eigenvalue weighted by Gasteiger charge is 2.57. The lowest BCUT2D eigenvalue weighted by molar-refractivity contribution is -0.135. The Labute approximate surface area is 163 Å². The van der Waals surface area contributed by atoms with Crippen LogP contribution >= 0.6 is 11.8 Å². The van der Waals surface area contributed by atoms with Crippen molar-refractivity contribution in [2.24, 2.45) is 28.7 Å². The summed E-state index contributed by atoms with van der Waals surface area (Å²) in [6.07, 6.45) is 4.83. The van der Waals surface area contributed by atoms with Crippen molar-refractivity contribution in [3.8, 4) is 0 Å². The second-order valence-corrected chi connectivity index (χ2v) is 9.87. The van der Waals surface area contributed by atoms with Crippen molar-refractivity contribution in [2.45, 2.75) is 49.4 Å². The first-order valence-corrected chi connectivity index (χ1v) is 10.9. The molecule has 27 heavy (non-hydrogen) atoms. The van der Waals surface area contributed by atoms with Crippen molar-refractivity contribution in [1.82, 2.24) is 15.1 Å². The Hall–Kier alpha value is -1.57. The van der Waals surface area contributed by atoms with Crippen LogP contribution in [0.2, 0.25) is 0 Å². The molecule has 0 radical (unpaired) electrons. The molecular formula is C19H26N4O3S. The summed E-state index contributed by atoms with van der Waals surface area (Å²) in [5.41, 5.74) is 0. The molecule has 0 spiro atoms. The summed E-state index contributed by atoms with van der Waals surface area (Å²) in [7, 11) is 3.36. The number of carbonyl (C=O) groups is 3. The molecule has 3 aliphatic carbocycles. The van der Waals surface area contributed by atoms with Crippen LogP contribution in [0.1, 0.15) is 32.1 Å². The van der Waals surface area contributed by atoms with Crippen LogP contribution in [-0.2, 0) is 14.4 Å². The minimum absolute atomic E-state index is 0.0260. The monoisotopic (exact) mass is 390 g/mol. The fraction of sp³-hybridized carbons (Fsp3) is 0.789. The lowest BCUT2D eigenvalue weighted by Crippen LogP contribution is -2.55. The normalized spacial score (nSPS) is 41.1. The summed E-state index contributed by atoms with van der Waals surface area (Å²) in [4.78, 5) is 45.1. The van der Waals surface area contributed by atoms with Gasteiger partial charge in [0, 0.05) is 38.9 Å². The third kappa shape index (κ3) is 2.87. The van der Waals surface area contributed by atoms with Crippen molar-refractivity contribution in [1.29, 1.82) is 0 Å². The van der Waals surface area contributed by atoms with Crippen molar-refractivity contribution in [3.05, 3.63) is 0 Å². The smallest absolute Gasteiger partial charge is 0.242 e. The second-order valence-electron chi connectivity index (χ2n) is 8.70. The van der Waals surface area contributed by atoms with E-state index in [-0.39, 0.29) is 47.4 Å². The average molecular weight is 391 g/mol. The molecule has 0 aromatic heterocycles. The first kappa shape index (κ1) is 17.5. The number of aliphatic imine (C=N–C) groups is 1. The molecule has 6 aliphatic rings. The highest BCUT2D eigenvalue weighted by molar-refractivity contribution is 8.15. The molecule has 0 aromatic rings. The molecule has 6 atom stereocenters. The highest BCUT2D eigenvalue weighted by Crippen LogP contribution is 2.54. The van der Waals surface area contributed by atoms with Gasteiger partial charge < -0.3 is 10.2 Å². The molecule has 3 heterocycles. The number of amidine groups is 1. The number of nitrogens with zero attached hydrogens (tertiary/aromatic N) is 3. The number of carbonyl (C=O) groups excluding carboxylic acids is 3. The Balaban J connectivity index is 1.15. The highest BCUT2D eigenvalue weighted by atomic mass is 32.2. The topological polar surface area (TPSA) is 82.1 Å². The molecule has 3 saturated carbocycles. The predicted molar refractivity (Wildman–Crippen MR) is 102 cm³/mol. The van der Waals surface area contributed by atoms with E-state index in [1.165, 1.54) is 29.5 Å². The third-order valence-electron chi connectivity index (χ3n) is 7.02. The van der Waals surface area contributed by atoms with E-state index in [0.717, 1.165) is 18.8 Å². The summed E-state index contributed by atoms with van der Waals surface area (Å²) in [6.45, 7) is 0.710. The molecule has 0 aromatic carbocycles. The number of hydrogen-bond acceptors (Lipinski definition) is 5. The molecule has 7 nitrogen and oxygen atoms in total. The second kappa shape index (κ2) is 6.22. The van der Waals surface area contributed by atoms with Crippen molar-refractivity contribution < 1.29 is 14.4 Å². The fourth-order valence-corrected chi connectivity index (χ4v) is 6.22. The van der Waals surface area contributed by atoms with Gasteiger partial charge >= 0.3 is 0 Å². The number of fused-ring (bicyclic) bond motifs is 1. The van der Waals surface area contributed by atoms with Gasteiger partial charge in [0.2, 0.25) is 17.7 Å². The molecule has 1 unspecified atom stereocenters. The maximum Gasteiger partial charge on any atom is 0.242 e. The van der Waals surface area contributed by atoms with Gasteiger partial charge in [-0.05, 0) is 37.5 Å². The van der Waals surface area contributed by atoms with Gasteiger partial charge in [-0.25, -0.2) is 0 Å². The Morgan fingerprint density at radius 2 is 2.04 bits per heavy atom. The van der Waals surface area contributed by atoms with Gasteiger partial charge in [0.05, 0.1) is 12.1 Å². The summed E-state index contributed by atoms with van der Waals surface area (Å²) < 4.78 is 0. The van der Waals surface area contributed by atoms with E-state index in [2.05, 4.69) is 10.3 Å². The van der Waals surface area contributed by atoms with Gasteiger partial charge in [-0.3, -0.25) is 24.3 Å². The maximum atomic E-state index is 12.8. The predicted octanol–water partition coefficient (Wildman–Crippen LogP) is 0.698. The lowest BCUT2D eigenvalue weighted by Gasteiger charge is -2.37. The standard InChI is InChI=1S/C19H26N4O3S/c1-20-19-22(2)18(26)14(27-19)7-15(24)23-8-10-5-13(23)16(10)21-17(25)12-6-11(12)9-3-4-9/h9-14,16H,3-8H2,1-2H3,(H,21,25)/t10-,11-,12+,13-,14?,16+/m0/s1. The van der Waals surface area contributed by atoms with Crippen LogP contribution in [0.3, 0.4) is 0 Å². The Morgan fingerprint density at radius 1 is 1.26 bits per heavy atom. The van der Waals surface area contributed by atoms with Gasteiger partial charge in [-0.2, -0.15) is 0 Å². The first-order chi connectivity index (χ1) is 13.0. The zero-order valence-corrected chi connectivity index (χ0v) is 16.6. The van der Waals surface area contributed by atoms with Crippen LogP contribution in [-0.4, -0.2) is 70.7 Å². The summed E-state index contributed by atoms with van der Waals surface area (Å²) in [5, 5.41) is 3.52. The molecule has 3 amide bonds. The van der Waals surface area contributed by atoms with Gasteiger partial charge in [0.15, 0.2) is 5.17 Å². The Kier molecular flexibility index (Phi) is 4.04. The van der Waals surface area contributed by atoms with Crippen molar-refractivity contribution >= 4 is 34.7 Å². The molecule has 1 N–H and O–H groups in total. The van der Waals surface area contributed by atoms with Gasteiger partial charge in [-0.15, -0.1) is 0 Å². The first-order valence-electron chi connectivity index (χ1n) is 9.98. The summed E-state index contributed by atoms with van der Waals surface area (Å²) >= 11 is 1.37. The lowest BCUT2D eigenvalue weighted by atomic mass is 9.80. The molecule has 146 valence electrons. The molecule has 6 fully saturated rings. The summed E-state index contributed by atoms with van der Waals surface area (Å²) in [5.74, 6) is 2.20. The van der Waals surface area contributed by atoms with Gasteiger partial charge in [0.25, 0.3) is 0 Å². The van der Waals surface area contributed by atoms with E-state index in [1.54, 1.807) is 14.1 Å². The number of rotatable bonds is 5. The Morgan fingerprint density at radius 3 is 2.70 bits per heavy atom. The van der Waals surface area contributed by atoms with Crippen LogP contribution in [0, 0.1) is 23.7 Å². The van der Waals surface area contributed by atoms with Crippen LogP contribution in [0.4, 0.5) is 0 Å². The largest absolute Gasteiger partial charge is 0.351 e. The molecule has 6 rings (SSSR count). The number of thioether (sulfide) groups is 1. The van der Waals surface area contributed by atoms with Crippen molar-refractivity contribution in [2.75, 3.05) is 20.6 Å². The molecule has 2 bridgehead atoms. The SMILES string of the molecule is CN=C1SC(CC(=O)N2C[C@@H]3C[C@H]2[C@@H]3NC(=O)[C@@H]2C[C@H]2C2CC2)C(=O)N1C. The molecule has 3 aliphatic heterocycles. The third-order valence-corrected chi connectivity index (χ3v) is 8.34. The van der Waals surface area contributed by atoms with Crippen molar-refractivity contribution in [3.63, 3.8) is 0 Å². The number of hydrogen-bond donors (Lipinski definition) is 1. The zero-order valence-electron chi connectivity index (χ0n) is 15.8. The van der Waals surface area contributed by atoms with E-state index >= 15 is 0 Å². The zero-order chi connectivity index (χ0) is 18.9. The van der Waals surface area contributed by atoms with Gasteiger partial charge in [-0.1, -0.05) is 11.8 Å². The minimum atomic E-state index is -0.377. The quantitative estimate of drug-likeness (QED) is 0.749. The average Bonchev–Trinajstić information content (AvgIpc) is 3.54. The fourth-order valence-electron chi connectivity index (χ4n) is 5.13. The van der Waals surface area contributed by atoms with E-state index in [9.17, 15) is 14.4 Å². The maximum absolute atomic E-state index is 12.8. The van der Waals surface area contributed by atoms with E-state index < -0.39 is 0 Å². The molecule has 8 heteroatoms. The van der Waals surface area contributed by atoms with E-state index in [1.807, 2.05) is 4.90 Å². The number of nitrogens with one attached hydrogen (secondary N) is 1. The van der Waals surface area contributed by atoms with E-state index in [0.29, 0.717) is 23.5 Å². The molecular weight excluding hydrogens is 364 g/mol. The molecule has 3 saturated heterocycles. The van der Waals surface area contributed by atoms with E-state index in [4.69, 9.17) is 0 Å².